The number of hydrogen-bond donors (Lipinski definition) is 2. The van der Waals surface area contributed by atoms with E-state index >= 15 is 0 Å². The van der Waals surface area contributed by atoms with Gasteiger partial charge in [0.05, 0.1) is 0 Å². The molecular weight excluding hydrogens is 192 g/mol. The summed E-state index contributed by atoms with van der Waals surface area (Å²) < 4.78 is 0. The topological polar surface area (TPSA) is 81.8 Å². The minimum absolute atomic E-state index is 0.194. The predicted molar refractivity (Wildman–Crippen MR) is 56.3 cm³/mol. The van der Waals surface area contributed by atoms with Crippen LogP contribution in [-0.2, 0) is 0 Å². The van der Waals surface area contributed by atoms with Gasteiger partial charge in [-0.3, -0.25) is 0 Å². The Morgan fingerprint density at radius 1 is 1.47 bits per heavy atom. The third-order valence-corrected chi connectivity index (χ3v) is 1.84. The van der Waals surface area contributed by atoms with Gasteiger partial charge in [-0.2, -0.15) is 5.26 Å². The van der Waals surface area contributed by atoms with Crippen molar-refractivity contribution < 1.29 is 5.11 Å². The summed E-state index contributed by atoms with van der Waals surface area (Å²) >= 11 is 0. The zero-order valence-corrected chi connectivity index (χ0v) is 8.69. The van der Waals surface area contributed by atoms with Crippen LogP contribution in [-0.4, -0.2) is 28.2 Å². The van der Waals surface area contributed by atoms with E-state index in [2.05, 4.69) is 15.3 Å². The van der Waals surface area contributed by atoms with E-state index in [0.29, 0.717) is 18.2 Å². The fraction of sp³-hybridized carbons (Fsp3) is 0.500. The van der Waals surface area contributed by atoms with E-state index in [9.17, 15) is 0 Å². The Morgan fingerprint density at radius 2 is 2.27 bits per heavy atom. The van der Waals surface area contributed by atoms with Crippen LogP contribution in [0.5, 0.6) is 0 Å². The molecule has 15 heavy (non-hydrogen) atoms. The van der Waals surface area contributed by atoms with Gasteiger partial charge in [0.2, 0.25) is 5.95 Å². The number of rotatable bonds is 5. The first-order valence-corrected chi connectivity index (χ1v) is 4.87. The van der Waals surface area contributed by atoms with Crippen LogP contribution in [0.15, 0.2) is 6.07 Å². The maximum absolute atomic E-state index is 8.70. The summed E-state index contributed by atoms with van der Waals surface area (Å²) in [5.74, 6) is 0.476. The molecule has 0 aliphatic rings. The number of aromatic nitrogens is 2. The van der Waals surface area contributed by atoms with E-state index in [1.165, 1.54) is 0 Å². The van der Waals surface area contributed by atoms with E-state index in [0.717, 1.165) is 18.5 Å². The molecule has 0 spiro atoms. The van der Waals surface area contributed by atoms with E-state index in [-0.39, 0.29) is 6.61 Å². The number of anilines is 1. The normalized spacial score (nSPS) is 9.67. The molecule has 1 aromatic heterocycles. The Kier molecular flexibility index (Phi) is 4.51. The van der Waals surface area contributed by atoms with Gasteiger partial charge in [0.25, 0.3) is 0 Å². The molecule has 1 aromatic rings. The van der Waals surface area contributed by atoms with Crippen LogP contribution in [0.1, 0.15) is 24.2 Å². The monoisotopic (exact) mass is 206 g/mol. The largest absolute Gasteiger partial charge is 0.396 e. The molecule has 1 rings (SSSR count). The predicted octanol–water partition coefficient (Wildman–Crippen LogP) is 0.841. The third kappa shape index (κ3) is 3.92. The minimum Gasteiger partial charge on any atom is -0.396 e. The first-order valence-electron chi connectivity index (χ1n) is 4.87. The lowest BCUT2D eigenvalue weighted by Gasteiger charge is -2.04. The van der Waals surface area contributed by atoms with E-state index in [4.69, 9.17) is 10.4 Å². The van der Waals surface area contributed by atoms with Crippen LogP contribution in [0.4, 0.5) is 5.95 Å². The molecule has 0 aliphatic carbocycles. The summed E-state index contributed by atoms with van der Waals surface area (Å²) in [6.45, 7) is 2.72. The fourth-order valence-electron chi connectivity index (χ4n) is 1.14. The molecule has 0 saturated heterocycles. The lowest BCUT2D eigenvalue weighted by atomic mass is 10.3. The summed E-state index contributed by atoms with van der Waals surface area (Å²) in [4.78, 5) is 8.15. The number of aliphatic hydroxyl groups excluding tert-OH is 1. The average Bonchev–Trinajstić information content (AvgIpc) is 2.23. The summed E-state index contributed by atoms with van der Waals surface area (Å²) in [5, 5.41) is 20.3. The Labute approximate surface area is 88.8 Å². The molecule has 1 heterocycles. The molecule has 0 aliphatic heterocycles. The van der Waals surface area contributed by atoms with Gasteiger partial charge in [0.15, 0.2) is 0 Å². The lowest BCUT2D eigenvalue weighted by Crippen LogP contribution is -2.07. The Bertz CT molecular complexity index is 359. The molecule has 0 radical (unpaired) electrons. The van der Waals surface area contributed by atoms with Crippen molar-refractivity contribution in [2.24, 2.45) is 0 Å². The summed E-state index contributed by atoms with van der Waals surface area (Å²) in [7, 11) is 0. The number of aliphatic hydroxyl groups is 1. The van der Waals surface area contributed by atoms with Gasteiger partial charge < -0.3 is 10.4 Å². The lowest BCUT2D eigenvalue weighted by molar-refractivity contribution is 0.286. The molecule has 0 unspecified atom stereocenters. The summed E-state index contributed by atoms with van der Waals surface area (Å²) in [6.07, 6.45) is 1.61. The number of unbranched alkanes of at least 4 members (excludes halogenated alkanes) is 1. The number of nitriles is 1. The molecule has 0 amide bonds. The fourth-order valence-corrected chi connectivity index (χ4v) is 1.14. The highest BCUT2D eigenvalue weighted by molar-refractivity contribution is 5.32. The van der Waals surface area contributed by atoms with E-state index < -0.39 is 0 Å². The minimum atomic E-state index is 0.194. The van der Waals surface area contributed by atoms with Gasteiger partial charge in [-0.05, 0) is 25.8 Å². The molecule has 2 N–H and O–H groups in total. The number of nitrogens with zero attached hydrogens (tertiary/aromatic N) is 3. The Hall–Kier alpha value is -1.67. The average molecular weight is 206 g/mol. The van der Waals surface area contributed by atoms with Crippen LogP contribution in [0.3, 0.4) is 0 Å². The van der Waals surface area contributed by atoms with Crippen LogP contribution in [0.25, 0.3) is 0 Å². The standard InChI is InChI=1S/C10H14N4O/c1-8-6-9(7-11)14-10(13-8)12-4-2-3-5-15/h6,15H,2-5H2,1H3,(H,12,13,14). The third-order valence-electron chi connectivity index (χ3n) is 1.84. The van der Waals surface area contributed by atoms with Crippen molar-refractivity contribution in [2.75, 3.05) is 18.5 Å². The van der Waals surface area contributed by atoms with Crippen molar-refractivity contribution in [3.63, 3.8) is 0 Å². The molecule has 5 nitrogen and oxygen atoms in total. The zero-order valence-electron chi connectivity index (χ0n) is 8.69. The van der Waals surface area contributed by atoms with Crippen molar-refractivity contribution >= 4 is 5.95 Å². The Morgan fingerprint density at radius 3 is 2.93 bits per heavy atom. The molecule has 5 heteroatoms. The maximum Gasteiger partial charge on any atom is 0.224 e. The van der Waals surface area contributed by atoms with E-state index in [1.807, 2.05) is 13.0 Å². The maximum atomic E-state index is 8.70. The molecule has 0 aromatic carbocycles. The van der Waals surface area contributed by atoms with Crippen LogP contribution >= 0.6 is 0 Å². The van der Waals surface area contributed by atoms with Crippen molar-refractivity contribution in [2.45, 2.75) is 19.8 Å². The van der Waals surface area contributed by atoms with Crippen molar-refractivity contribution in [3.8, 4) is 6.07 Å². The molecule has 0 saturated carbocycles. The van der Waals surface area contributed by atoms with Gasteiger partial charge in [0, 0.05) is 18.8 Å². The second-order valence-electron chi connectivity index (χ2n) is 3.19. The van der Waals surface area contributed by atoms with Crippen LogP contribution < -0.4 is 5.32 Å². The Balaban J connectivity index is 2.54. The highest BCUT2D eigenvalue weighted by atomic mass is 16.2. The van der Waals surface area contributed by atoms with Crippen molar-refractivity contribution in [1.29, 1.82) is 5.26 Å². The quantitative estimate of drug-likeness (QED) is 0.698. The van der Waals surface area contributed by atoms with Crippen molar-refractivity contribution in [1.82, 2.24) is 9.97 Å². The van der Waals surface area contributed by atoms with Crippen molar-refractivity contribution in [3.05, 3.63) is 17.5 Å². The summed E-state index contributed by atoms with van der Waals surface area (Å²) in [5.41, 5.74) is 1.14. The van der Waals surface area contributed by atoms with Crippen LogP contribution in [0, 0.1) is 18.3 Å². The zero-order chi connectivity index (χ0) is 11.1. The van der Waals surface area contributed by atoms with Gasteiger partial charge in [-0.1, -0.05) is 0 Å². The molecule has 0 atom stereocenters. The molecule has 80 valence electrons. The molecular formula is C10H14N4O. The number of aryl methyl sites for hydroxylation is 1. The highest BCUT2D eigenvalue weighted by Gasteiger charge is 2.00. The van der Waals surface area contributed by atoms with E-state index in [1.54, 1.807) is 6.07 Å². The second-order valence-corrected chi connectivity index (χ2v) is 3.19. The molecule has 0 bridgehead atoms. The molecule has 0 fully saturated rings. The SMILES string of the molecule is Cc1cc(C#N)nc(NCCCCO)n1. The summed E-state index contributed by atoms with van der Waals surface area (Å²) in [6, 6.07) is 3.62. The van der Waals surface area contributed by atoms with Gasteiger partial charge >= 0.3 is 0 Å². The number of hydrogen-bond acceptors (Lipinski definition) is 5. The highest BCUT2D eigenvalue weighted by Crippen LogP contribution is 2.03. The van der Waals surface area contributed by atoms with Gasteiger partial charge in [-0.15, -0.1) is 0 Å². The first kappa shape index (κ1) is 11.4. The second kappa shape index (κ2) is 5.94. The van der Waals surface area contributed by atoms with Gasteiger partial charge in [0.1, 0.15) is 11.8 Å². The first-order chi connectivity index (χ1) is 7.26. The van der Waals surface area contributed by atoms with Gasteiger partial charge in [-0.25, -0.2) is 9.97 Å². The number of nitrogens with one attached hydrogen (secondary N) is 1. The van der Waals surface area contributed by atoms with Crippen LogP contribution in [0.2, 0.25) is 0 Å². The smallest absolute Gasteiger partial charge is 0.224 e.